The van der Waals surface area contributed by atoms with Crippen molar-refractivity contribution in [1.29, 1.82) is 0 Å². The molecule has 1 saturated carbocycles. The van der Waals surface area contributed by atoms with Crippen LogP contribution in [-0.2, 0) is 0 Å². The molecule has 0 radical (unpaired) electrons. The van der Waals surface area contributed by atoms with E-state index in [0.29, 0.717) is 5.56 Å². The second kappa shape index (κ2) is 6.20. The molecule has 0 unspecified atom stereocenters. The van der Waals surface area contributed by atoms with E-state index in [1.807, 2.05) is 0 Å². The molecule has 1 aliphatic rings. The zero-order valence-electron chi connectivity index (χ0n) is 11.1. The standard InChI is InChI=1S/C14H18Cl2N2O2/c15-10-6-9(7-11(16)12(10)17)13(19)18-8-14(20)4-2-1-3-5-14/h6-7,20H,1-5,8,17H2,(H,18,19). The van der Waals surface area contributed by atoms with Crippen molar-refractivity contribution in [2.45, 2.75) is 37.7 Å². The maximum Gasteiger partial charge on any atom is 0.251 e. The Morgan fingerprint density at radius 3 is 2.35 bits per heavy atom. The maximum atomic E-state index is 12.1. The molecule has 0 aliphatic heterocycles. The second-order valence-electron chi connectivity index (χ2n) is 5.32. The number of anilines is 1. The number of hydrogen-bond donors (Lipinski definition) is 3. The minimum absolute atomic E-state index is 0.242. The summed E-state index contributed by atoms with van der Waals surface area (Å²) in [6, 6.07) is 2.95. The SMILES string of the molecule is Nc1c(Cl)cc(C(=O)NCC2(O)CCCCC2)cc1Cl. The first-order valence-corrected chi connectivity index (χ1v) is 7.42. The molecular formula is C14H18Cl2N2O2. The number of benzene rings is 1. The number of rotatable bonds is 3. The number of nitrogens with one attached hydrogen (secondary N) is 1. The van der Waals surface area contributed by atoms with Gasteiger partial charge >= 0.3 is 0 Å². The van der Waals surface area contributed by atoms with E-state index >= 15 is 0 Å². The lowest BCUT2D eigenvalue weighted by Crippen LogP contribution is -2.44. The van der Waals surface area contributed by atoms with Gasteiger partial charge in [-0.3, -0.25) is 4.79 Å². The lowest BCUT2D eigenvalue weighted by molar-refractivity contribution is 0.00526. The van der Waals surface area contributed by atoms with Crippen molar-refractivity contribution in [3.05, 3.63) is 27.7 Å². The number of nitrogens with two attached hydrogens (primary N) is 1. The number of hydrogen-bond acceptors (Lipinski definition) is 3. The van der Waals surface area contributed by atoms with Gasteiger partial charge in [0.25, 0.3) is 5.91 Å². The highest BCUT2D eigenvalue weighted by Crippen LogP contribution is 2.29. The van der Waals surface area contributed by atoms with Crippen LogP contribution in [0.5, 0.6) is 0 Å². The molecule has 0 saturated heterocycles. The van der Waals surface area contributed by atoms with Crippen molar-refractivity contribution >= 4 is 34.8 Å². The quantitative estimate of drug-likeness (QED) is 0.750. The molecule has 1 fully saturated rings. The van der Waals surface area contributed by atoms with Crippen LogP contribution in [-0.4, -0.2) is 23.2 Å². The summed E-state index contributed by atoms with van der Waals surface area (Å²) in [6.07, 6.45) is 4.56. The van der Waals surface area contributed by atoms with Crippen molar-refractivity contribution in [3.63, 3.8) is 0 Å². The number of halogens is 2. The Morgan fingerprint density at radius 2 is 1.80 bits per heavy atom. The summed E-state index contributed by atoms with van der Waals surface area (Å²) < 4.78 is 0. The Balaban J connectivity index is 2.01. The van der Waals surface area contributed by atoms with E-state index in [1.54, 1.807) is 0 Å². The summed E-state index contributed by atoms with van der Waals surface area (Å²) in [5, 5.41) is 13.6. The topological polar surface area (TPSA) is 75.4 Å². The van der Waals surface area contributed by atoms with Gasteiger partial charge in [-0.1, -0.05) is 42.5 Å². The molecule has 6 heteroatoms. The number of aliphatic hydroxyl groups is 1. The molecule has 1 aromatic carbocycles. The van der Waals surface area contributed by atoms with E-state index in [2.05, 4.69) is 5.32 Å². The summed E-state index contributed by atoms with van der Waals surface area (Å²) in [4.78, 5) is 12.1. The van der Waals surface area contributed by atoms with Gasteiger partial charge in [0.2, 0.25) is 0 Å². The third kappa shape index (κ3) is 3.57. The molecule has 0 aromatic heterocycles. The summed E-state index contributed by atoms with van der Waals surface area (Å²) in [5.74, 6) is -0.312. The van der Waals surface area contributed by atoms with Crippen LogP contribution in [0.15, 0.2) is 12.1 Å². The molecule has 110 valence electrons. The van der Waals surface area contributed by atoms with Crippen molar-refractivity contribution in [2.75, 3.05) is 12.3 Å². The van der Waals surface area contributed by atoms with Crippen molar-refractivity contribution in [1.82, 2.24) is 5.32 Å². The van der Waals surface area contributed by atoms with Gasteiger partial charge in [0.1, 0.15) is 0 Å². The summed E-state index contributed by atoms with van der Waals surface area (Å²) in [6.45, 7) is 0.242. The Morgan fingerprint density at radius 1 is 1.25 bits per heavy atom. The highest BCUT2D eigenvalue weighted by molar-refractivity contribution is 6.39. The van der Waals surface area contributed by atoms with Gasteiger partial charge in [-0.15, -0.1) is 0 Å². The molecular weight excluding hydrogens is 299 g/mol. The number of carbonyl (C=O) groups is 1. The number of nitrogen functional groups attached to an aromatic ring is 1. The first-order valence-electron chi connectivity index (χ1n) is 6.66. The molecule has 0 heterocycles. The van der Waals surface area contributed by atoms with E-state index in [9.17, 15) is 9.90 Å². The van der Waals surface area contributed by atoms with Gasteiger partial charge in [0.15, 0.2) is 0 Å². The van der Waals surface area contributed by atoms with E-state index in [4.69, 9.17) is 28.9 Å². The lowest BCUT2D eigenvalue weighted by atomic mass is 9.85. The molecule has 1 amide bonds. The smallest absolute Gasteiger partial charge is 0.251 e. The predicted octanol–water partition coefficient (Wildman–Crippen LogP) is 3.00. The fraction of sp³-hybridized carbons (Fsp3) is 0.500. The van der Waals surface area contributed by atoms with Crippen LogP contribution in [0.1, 0.15) is 42.5 Å². The Hall–Kier alpha value is -0.970. The van der Waals surface area contributed by atoms with E-state index < -0.39 is 5.60 Å². The number of carbonyl (C=O) groups excluding carboxylic acids is 1. The van der Waals surface area contributed by atoms with Gasteiger partial charge in [0, 0.05) is 12.1 Å². The predicted molar refractivity (Wildman–Crippen MR) is 81.2 cm³/mol. The van der Waals surface area contributed by atoms with Crippen LogP contribution < -0.4 is 11.1 Å². The average Bonchev–Trinajstić information content (AvgIpc) is 2.42. The molecule has 0 atom stereocenters. The Bertz CT molecular complexity index is 491. The fourth-order valence-electron chi connectivity index (χ4n) is 2.45. The second-order valence-corrected chi connectivity index (χ2v) is 6.14. The van der Waals surface area contributed by atoms with Gasteiger partial charge in [-0.2, -0.15) is 0 Å². The Kier molecular flexibility index (Phi) is 4.78. The lowest BCUT2D eigenvalue weighted by Gasteiger charge is -2.32. The van der Waals surface area contributed by atoms with Crippen molar-refractivity contribution in [2.24, 2.45) is 0 Å². The molecule has 4 nitrogen and oxygen atoms in total. The zero-order chi connectivity index (χ0) is 14.8. The maximum absolute atomic E-state index is 12.1. The first kappa shape index (κ1) is 15.4. The van der Waals surface area contributed by atoms with Crippen LogP contribution in [0.25, 0.3) is 0 Å². The summed E-state index contributed by atoms with van der Waals surface area (Å²) in [5.41, 5.74) is 5.43. The third-order valence-electron chi connectivity index (χ3n) is 3.70. The highest BCUT2D eigenvalue weighted by Gasteiger charge is 2.29. The number of amides is 1. The van der Waals surface area contributed by atoms with E-state index in [0.717, 1.165) is 32.1 Å². The minimum Gasteiger partial charge on any atom is -0.396 e. The summed E-state index contributed by atoms with van der Waals surface area (Å²) >= 11 is 11.8. The monoisotopic (exact) mass is 316 g/mol. The molecule has 2 rings (SSSR count). The van der Waals surface area contributed by atoms with Gasteiger partial charge in [-0.25, -0.2) is 0 Å². The normalized spacial score (nSPS) is 17.8. The summed E-state index contributed by atoms with van der Waals surface area (Å²) in [7, 11) is 0. The van der Waals surface area contributed by atoms with Gasteiger partial charge in [0.05, 0.1) is 21.3 Å². The Labute approximate surface area is 128 Å². The van der Waals surface area contributed by atoms with Crippen LogP contribution >= 0.6 is 23.2 Å². The van der Waals surface area contributed by atoms with E-state index in [1.165, 1.54) is 12.1 Å². The van der Waals surface area contributed by atoms with Crippen LogP contribution in [0.2, 0.25) is 10.0 Å². The highest BCUT2D eigenvalue weighted by atomic mass is 35.5. The molecule has 0 spiro atoms. The minimum atomic E-state index is -0.796. The first-order chi connectivity index (χ1) is 9.41. The van der Waals surface area contributed by atoms with Crippen LogP contribution in [0.3, 0.4) is 0 Å². The fourth-order valence-corrected chi connectivity index (χ4v) is 2.94. The largest absolute Gasteiger partial charge is 0.396 e. The van der Waals surface area contributed by atoms with E-state index in [-0.39, 0.29) is 28.2 Å². The van der Waals surface area contributed by atoms with Crippen LogP contribution in [0.4, 0.5) is 5.69 Å². The van der Waals surface area contributed by atoms with Gasteiger partial charge < -0.3 is 16.2 Å². The molecule has 1 aliphatic carbocycles. The van der Waals surface area contributed by atoms with Crippen molar-refractivity contribution in [3.8, 4) is 0 Å². The molecule has 4 N–H and O–H groups in total. The van der Waals surface area contributed by atoms with Gasteiger partial charge in [-0.05, 0) is 25.0 Å². The average molecular weight is 317 g/mol. The third-order valence-corrected chi connectivity index (χ3v) is 4.33. The molecule has 0 bridgehead atoms. The molecule has 20 heavy (non-hydrogen) atoms. The van der Waals surface area contributed by atoms with Crippen molar-refractivity contribution < 1.29 is 9.90 Å². The zero-order valence-corrected chi connectivity index (χ0v) is 12.6. The van der Waals surface area contributed by atoms with Crippen LogP contribution in [0, 0.1) is 0 Å². The molecule has 1 aromatic rings.